The Morgan fingerprint density at radius 1 is 1.32 bits per heavy atom. The van der Waals surface area contributed by atoms with Gasteiger partial charge in [-0.1, -0.05) is 6.07 Å². The first-order chi connectivity index (χ1) is 9.09. The molecule has 0 radical (unpaired) electrons. The number of hydrogen-bond acceptors (Lipinski definition) is 4. The number of ether oxygens (including phenoxy) is 1. The fraction of sp³-hybridized carbons (Fsp3) is 0.357. The Labute approximate surface area is 112 Å². The summed E-state index contributed by atoms with van der Waals surface area (Å²) in [6.07, 6.45) is 4.72. The van der Waals surface area contributed by atoms with Crippen LogP contribution in [-0.2, 0) is 4.74 Å². The van der Waals surface area contributed by atoms with E-state index in [1.807, 2.05) is 39.0 Å². The molecule has 19 heavy (non-hydrogen) atoms. The van der Waals surface area contributed by atoms with E-state index in [1.54, 1.807) is 17.1 Å². The van der Waals surface area contributed by atoms with Gasteiger partial charge in [-0.15, -0.1) is 0 Å². The molecule has 5 heteroatoms. The average molecular weight is 259 g/mol. The van der Waals surface area contributed by atoms with Gasteiger partial charge in [0, 0.05) is 6.20 Å². The Kier molecular flexibility index (Phi) is 3.94. The lowest BCUT2D eigenvalue weighted by atomic mass is 10.2. The first kappa shape index (κ1) is 13.3. The van der Waals surface area contributed by atoms with Gasteiger partial charge in [0.2, 0.25) is 0 Å². The highest BCUT2D eigenvalue weighted by Gasteiger charge is 2.19. The lowest BCUT2D eigenvalue weighted by molar-refractivity contribution is 0.0364. The maximum absolute atomic E-state index is 12.0. The molecule has 0 amide bonds. The smallest absolute Gasteiger partial charge is 0.356 e. The third-order valence-corrected chi connectivity index (χ3v) is 2.75. The van der Waals surface area contributed by atoms with E-state index in [-0.39, 0.29) is 18.1 Å². The summed E-state index contributed by atoms with van der Waals surface area (Å²) >= 11 is 0. The van der Waals surface area contributed by atoms with Crippen LogP contribution in [-0.4, -0.2) is 26.6 Å². The number of imidazole rings is 1. The van der Waals surface area contributed by atoms with Crippen LogP contribution in [0, 0.1) is 0 Å². The number of pyridine rings is 1. The highest BCUT2D eigenvalue weighted by atomic mass is 16.5. The maximum atomic E-state index is 12.0. The van der Waals surface area contributed by atoms with Gasteiger partial charge in [-0.2, -0.15) is 0 Å². The minimum Gasteiger partial charge on any atom is -0.458 e. The summed E-state index contributed by atoms with van der Waals surface area (Å²) in [6, 6.07) is 5.63. The Morgan fingerprint density at radius 2 is 2.11 bits per heavy atom. The highest BCUT2D eigenvalue weighted by Crippen LogP contribution is 2.18. The van der Waals surface area contributed by atoms with Crippen LogP contribution in [0.1, 0.15) is 43.0 Å². The lowest BCUT2D eigenvalue weighted by Crippen LogP contribution is -2.18. The van der Waals surface area contributed by atoms with Crippen molar-refractivity contribution in [3.05, 3.63) is 48.3 Å². The van der Waals surface area contributed by atoms with Gasteiger partial charge >= 0.3 is 5.97 Å². The number of rotatable bonds is 4. The third kappa shape index (κ3) is 2.99. The molecule has 2 aromatic rings. The Balaban J connectivity index is 2.27. The van der Waals surface area contributed by atoms with E-state index in [0.717, 1.165) is 5.69 Å². The first-order valence-electron chi connectivity index (χ1n) is 6.23. The zero-order valence-electron chi connectivity index (χ0n) is 11.3. The Hall–Kier alpha value is -2.17. The molecule has 0 fully saturated rings. The molecule has 0 saturated carbocycles. The molecule has 1 atom stereocenters. The maximum Gasteiger partial charge on any atom is 0.356 e. The summed E-state index contributed by atoms with van der Waals surface area (Å²) in [7, 11) is 0. The fourth-order valence-electron chi connectivity index (χ4n) is 1.81. The van der Waals surface area contributed by atoms with Crippen molar-refractivity contribution in [3.8, 4) is 0 Å². The van der Waals surface area contributed by atoms with E-state index >= 15 is 0 Å². The van der Waals surface area contributed by atoms with E-state index in [1.165, 1.54) is 6.20 Å². The number of hydrogen-bond donors (Lipinski definition) is 0. The molecule has 0 unspecified atom stereocenters. The molecule has 0 saturated heterocycles. The predicted octanol–water partition coefficient (Wildman–Crippen LogP) is 2.45. The quantitative estimate of drug-likeness (QED) is 0.791. The van der Waals surface area contributed by atoms with E-state index in [9.17, 15) is 4.79 Å². The number of esters is 1. The molecule has 0 aliphatic carbocycles. The van der Waals surface area contributed by atoms with E-state index < -0.39 is 0 Å². The van der Waals surface area contributed by atoms with Gasteiger partial charge in [-0.25, -0.2) is 9.78 Å². The van der Waals surface area contributed by atoms with Crippen molar-refractivity contribution in [2.24, 2.45) is 0 Å². The number of aromatic nitrogens is 3. The van der Waals surface area contributed by atoms with Crippen LogP contribution in [0.3, 0.4) is 0 Å². The highest BCUT2D eigenvalue weighted by molar-refractivity contribution is 5.87. The van der Waals surface area contributed by atoms with Crippen LogP contribution in [0.15, 0.2) is 36.9 Å². The summed E-state index contributed by atoms with van der Waals surface area (Å²) in [5.74, 6) is -0.365. The van der Waals surface area contributed by atoms with Crippen molar-refractivity contribution in [3.63, 3.8) is 0 Å². The summed E-state index contributed by atoms with van der Waals surface area (Å²) in [5, 5.41) is 0. The fourth-order valence-corrected chi connectivity index (χ4v) is 1.81. The van der Waals surface area contributed by atoms with Crippen molar-refractivity contribution in [1.29, 1.82) is 0 Å². The molecule has 2 aromatic heterocycles. The van der Waals surface area contributed by atoms with Crippen molar-refractivity contribution in [1.82, 2.24) is 14.5 Å². The number of carbonyl (C=O) groups is 1. The second kappa shape index (κ2) is 5.65. The van der Waals surface area contributed by atoms with Gasteiger partial charge in [-0.05, 0) is 32.9 Å². The van der Waals surface area contributed by atoms with Crippen LogP contribution in [0.5, 0.6) is 0 Å². The summed E-state index contributed by atoms with van der Waals surface area (Å²) in [4.78, 5) is 20.3. The molecule has 2 heterocycles. The third-order valence-electron chi connectivity index (χ3n) is 2.75. The van der Waals surface area contributed by atoms with Gasteiger partial charge in [0.15, 0.2) is 0 Å². The van der Waals surface area contributed by atoms with Crippen LogP contribution in [0.25, 0.3) is 0 Å². The summed E-state index contributed by atoms with van der Waals surface area (Å²) in [6.45, 7) is 5.61. The monoisotopic (exact) mass is 259 g/mol. The molecule has 0 spiro atoms. The second-order valence-electron chi connectivity index (χ2n) is 4.57. The van der Waals surface area contributed by atoms with Crippen LogP contribution < -0.4 is 0 Å². The molecular formula is C14H17N3O2. The van der Waals surface area contributed by atoms with E-state index in [0.29, 0.717) is 5.69 Å². The van der Waals surface area contributed by atoms with Crippen molar-refractivity contribution >= 4 is 5.97 Å². The van der Waals surface area contributed by atoms with Crippen LogP contribution in [0.2, 0.25) is 0 Å². The van der Waals surface area contributed by atoms with Gasteiger partial charge in [0.1, 0.15) is 5.69 Å². The molecule has 0 aliphatic heterocycles. The SMILES string of the molecule is CC(C)OC(=O)c1cncn1[C@H](C)c1ccccn1. The largest absolute Gasteiger partial charge is 0.458 e. The summed E-state index contributed by atoms with van der Waals surface area (Å²) < 4.78 is 6.97. The van der Waals surface area contributed by atoms with Crippen LogP contribution in [0.4, 0.5) is 0 Å². The van der Waals surface area contributed by atoms with Crippen molar-refractivity contribution in [2.75, 3.05) is 0 Å². The Morgan fingerprint density at radius 3 is 2.74 bits per heavy atom. The van der Waals surface area contributed by atoms with Crippen LogP contribution >= 0.6 is 0 Å². The molecule has 2 rings (SSSR count). The summed E-state index contributed by atoms with van der Waals surface area (Å²) in [5.41, 5.74) is 1.31. The Bertz CT molecular complexity index is 549. The topological polar surface area (TPSA) is 57.0 Å². The molecular weight excluding hydrogens is 242 g/mol. The minimum atomic E-state index is -0.365. The molecule has 0 N–H and O–H groups in total. The normalized spacial score (nSPS) is 12.4. The predicted molar refractivity (Wildman–Crippen MR) is 70.8 cm³/mol. The number of carbonyl (C=O) groups excluding carboxylic acids is 1. The molecule has 0 bridgehead atoms. The minimum absolute atomic E-state index is 0.0709. The van der Waals surface area contributed by atoms with Gasteiger partial charge in [0.05, 0.1) is 30.4 Å². The first-order valence-corrected chi connectivity index (χ1v) is 6.23. The van der Waals surface area contributed by atoms with E-state index in [2.05, 4.69) is 9.97 Å². The van der Waals surface area contributed by atoms with Gasteiger partial charge < -0.3 is 9.30 Å². The standard InChI is InChI=1S/C14H17N3O2/c1-10(2)19-14(18)13-8-15-9-17(13)11(3)12-6-4-5-7-16-12/h4-11H,1-3H3/t11-/m1/s1. The van der Waals surface area contributed by atoms with Gasteiger partial charge in [0.25, 0.3) is 0 Å². The lowest BCUT2D eigenvalue weighted by Gasteiger charge is -2.16. The molecule has 100 valence electrons. The van der Waals surface area contributed by atoms with Gasteiger partial charge in [-0.3, -0.25) is 4.98 Å². The zero-order valence-corrected chi connectivity index (χ0v) is 11.3. The number of nitrogens with zero attached hydrogens (tertiary/aromatic N) is 3. The zero-order chi connectivity index (χ0) is 13.8. The van der Waals surface area contributed by atoms with E-state index in [4.69, 9.17) is 4.74 Å². The molecule has 0 aromatic carbocycles. The average Bonchev–Trinajstić information content (AvgIpc) is 2.87. The molecule has 5 nitrogen and oxygen atoms in total. The van der Waals surface area contributed by atoms with Crippen molar-refractivity contribution < 1.29 is 9.53 Å². The second-order valence-corrected chi connectivity index (χ2v) is 4.57. The molecule has 0 aliphatic rings. The van der Waals surface area contributed by atoms with Crippen molar-refractivity contribution in [2.45, 2.75) is 32.9 Å².